The third kappa shape index (κ3) is 4.65. The molecule has 0 radical (unpaired) electrons. The van der Waals surface area contributed by atoms with Gasteiger partial charge in [0.25, 0.3) is 0 Å². The lowest BCUT2D eigenvalue weighted by molar-refractivity contribution is -0.151. The van der Waals surface area contributed by atoms with Gasteiger partial charge in [0.15, 0.2) is 0 Å². The first kappa shape index (κ1) is 23.4. The number of rotatable bonds is 7. The molecule has 2 aliphatic heterocycles. The zero-order valence-electron chi connectivity index (χ0n) is 19.0. The topological polar surface area (TPSA) is 89.0 Å². The summed E-state index contributed by atoms with van der Waals surface area (Å²) in [5.74, 6) is -0.926. The Hall–Kier alpha value is -2.78. The lowest BCUT2D eigenvalue weighted by Gasteiger charge is -2.47. The standard InChI is InChI=1S/C24H29N3O5S/c1-31-13-12-27-21(29)15-19(23(30)32-2)24(27)8-10-26(11-9-24)20(28)14-18-16-33-22(25-18)17-6-4-3-5-7-17/h3-7,16,19H,8-15H2,1-2H3. The molecule has 1 atom stereocenters. The summed E-state index contributed by atoms with van der Waals surface area (Å²) in [7, 11) is 2.95. The normalized spacial score (nSPS) is 19.8. The summed E-state index contributed by atoms with van der Waals surface area (Å²) in [5, 5.41) is 2.83. The molecule has 4 rings (SSSR count). The predicted octanol–water partition coefficient (Wildman–Crippen LogP) is 2.38. The van der Waals surface area contributed by atoms with Gasteiger partial charge >= 0.3 is 5.97 Å². The maximum atomic E-state index is 13.0. The minimum Gasteiger partial charge on any atom is -0.469 e. The smallest absolute Gasteiger partial charge is 0.311 e. The first-order valence-electron chi connectivity index (χ1n) is 11.1. The highest BCUT2D eigenvalue weighted by atomic mass is 32.1. The van der Waals surface area contributed by atoms with Crippen LogP contribution in [0.15, 0.2) is 35.7 Å². The second-order valence-corrected chi connectivity index (χ2v) is 9.35. The van der Waals surface area contributed by atoms with Gasteiger partial charge in [0.05, 0.1) is 37.3 Å². The van der Waals surface area contributed by atoms with E-state index in [2.05, 4.69) is 4.98 Å². The van der Waals surface area contributed by atoms with Crippen molar-refractivity contribution in [3.8, 4) is 10.6 Å². The van der Waals surface area contributed by atoms with Crippen LogP contribution in [0.25, 0.3) is 10.6 Å². The SMILES string of the molecule is COCCN1C(=O)CC(C(=O)OC)C12CCN(C(=O)Cc1csc(-c3ccccc3)n1)CC2. The molecule has 8 nitrogen and oxygen atoms in total. The molecule has 2 fully saturated rings. The van der Waals surface area contributed by atoms with E-state index in [9.17, 15) is 14.4 Å². The summed E-state index contributed by atoms with van der Waals surface area (Å²) in [4.78, 5) is 46.5. The molecular formula is C24H29N3O5S. The van der Waals surface area contributed by atoms with E-state index in [4.69, 9.17) is 9.47 Å². The van der Waals surface area contributed by atoms with Crippen molar-refractivity contribution in [1.82, 2.24) is 14.8 Å². The lowest BCUT2D eigenvalue weighted by Crippen LogP contribution is -2.58. The van der Waals surface area contributed by atoms with Gasteiger partial charge in [0.1, 0.15) is 5.01 Å². The summed E-state index contributed by atoms with van der Waals surface area (Å²) in [6.45, 7) is 1.80. The van der Waals surface area contributed by atoms with Crippen LogP contribution < -0.4 is 0 Å². The van der Waals surface area contributed by atoms with E-state index < -0.39 is 11.5 Å². The number of thiazole rings is 1. The molecule has 9 heteroatoms. The maximum Gasteiger partial charge on any atom is 0.311 e. The van der Waals surface area contributed by atoms with Gasteiger partial charge in [-0.25, -0.2) is 4.98 Å². The Labute approximate surface area is 197 Å². The van der Waals surface area contributed by atoms with Gasteiger partial charge in [-0.15, -0.1) is 11.3 Å². The molecule has 0 bridgehead atoms. The van der Waals surface area contributed by atoms with E-state index in [1.54, 1.807) is 12.0 Å². The number of benzene rings is 1. The molecule has 2 amide bonds. The van der Waals surface area contributed by atoms with Crippen LogP contribution in [0.1, 0.15) is 25.0 Å². The van der Waals surface area contributed by atoms with E-state index in [1.807, 2.05) is 40.6 Å². The van der Waals surface area contributed by atoms with Crippen LogP contribution in [0.5, 0.6) is 0 Å². The molecule has 1 unspecified atom stereocenters. The average molecular weight is 472 g/mol. The number of nitrogens with zero attached hydrogens (tertiary/aromatic N) is 3. The Bertz CT molecular complexity index is 1000. The van der Waals surface area contributed by atoms with Crippen molar-refractivity contribution in [2.75, 3.05) is 40.5 Å². The molecule has 1 aromatic heterocycles. The number of likely N-dealkylation sites (tertiary alicyclic amines) is 2. The summed E-state index contributed by atoms with van der Waals surface area (Å²) in [6, 6.07) is 9.91. The van der Waals surface area contributed by atoms with Crippen molar-refractivity contribution in [3.05, 3.63) is 41.4 Å². The van der Waals surface area contributed by atoms with Crippen molar-refractivity contribution in [3.63, 3.8) is 0 Å². The first-order valence-corrected chi connectivity index (χ1v) is 12.0. The van der Waals surface area contributed by atoms with Gasteiger partial charge < -0.3 is 19.3 Å². The summed E-state index contributed by atoms with van der Waals surface area (Å²) in [6.07, 6.45) is 1.47. The van der Waals surface area contributed by atoms with Crippen LogP contribution in [-0.4, -0.2) is 78.6 Å². The fourth-order valence-electron chi connectivity index (χ4n) is 5.02. The highest BCUT2D eigenvalue weighted by Gasteiger charge is 2.57. The number of carbonyl (C=O) groups excluding carboxylic acids is 3. The van der Waals surface area contributed by atoms with E-state index in [-0.39, 0.29) is 30.6 Å². The average Bonchev–Trinajstić information content (AvgIpc) is 3.41. The summed E-state index contributed by atoms with van der Waals surface area (Å²) < 4.78 is 10.2. The Balaban J connectivity index is 1.43. The summed E-state index contributed by atoms with van der Waals surface area (Å²) in [5.41, 5.74) is 1.17. The molecule has 0 aliphatic carbocycles. The van der Waals surface area contributed by atoms with Crippen molar-refractivity contribution in [2.24, 2.45) is 5.92 Å². The van der Waals surface area contributed by atoms with Gasteiger partial charge in [-0.3, -0.25) is 14.4 Å². The number of amides is 2. The fraction of sp³-hybridized carbons (Fsp3) is 0.500. The number of hydrogen-bond donors (Lipinski definition) is 0. The largest absolute Gasteiger partial charge is 0.469 e. The molecule has 1 spiro atoms. The van der Waals surface area contributed by atoms with E-state index in [0.29, 0.717) is 39.1 Å². The van der Waals surface area contributed by atoms with Gasteiger partial charge in [0.2, 0.25) is 11.8 Å². The second-order valence-electron chi connectivity index (χ2n) is 8.49. The monoisotopic (exact) mass is 471 g/mol. The number of hydrogen-bond acceptors (Lipinski definition) is 7. The molecule has 3 heterocycles. The molecule has 2 aliphatic rings. The van der Waals surface area contributed by atoms with Crippen molar-refractivity contribution in [1.29, 1.82) is 0 Å². The van der Waals surface area contributed by atoms with Crippen LogP contribution in [0.2, 0.25) is 0 Å². The second kappa shape index (κ2) is 10.0. The van der Waals surface area contributed by atoms with Crippen LogP contribution in [-0.2, 0) is 30.3 Å². The first-order chi connectivity index (χ1) is 16.0. The zero-order valence-corrected chi connectivity index (χ0v) is 19.8. The minimum absolute atomic E-state index is 0.0112. The van der Waals surface area contributed by atoms with E-state index >= 15 is 0 Å². The number of aromatic nitrogens is 1. The van der Waals surface area contributed by atoms with Crippen LogP contribution in [0.4, 0.5) is 0 Å². The number of esters is 1. The van der Waals surface area contributed by atoms with E-state index in [1.165, 1.54) is 18.4 Å². The number of methoxy groups -OCH3 is 2. The molecular weight excluding hydrogens is 442 g/mol. The molecule has 33 heavy (non-hydrogen) atoms. The Morgan fingerprint density at radius 3 is 2.58 bits per heavy atom. The number of ether oxygens (including phenoxy) is 2. The number of carbonyl (C=O) groups is 3. The van der Waals surface area contributed by atoms with Gasteiger partial charge in [-0.05, 0) is 12.8 Å². The van der Waals surface area contributed by atoms with Crippen LogP contribution in [0, 0.1) is 5.92 Å². The van der Waals surface area contributed by atoms with Crippen molar-refractivity contribution < 1.29 is 23.9 Å². The molecule has 1 aromatic carbocycles. The highest BCUT2D eigenvalue weighted by Crippen LogP contribution is 2.44. The fourth-order valence-corrected chi connectivity index (χ4v) is 5.84. The molecule has 0 saturated carbocycles. The van der Waals surface area contributed by atoms with Crippen molar-refractivity contribution in [2.45, 2.75) is 31.2 Å². The molecule has 2 aromatic rings. The third-order valence-corrected chi connectivity index (χ3v) is 7.70. The van der Waals surface area contributed by atoms with Gasteiger partial charge in [-0.1, -0.05) is 30.3 Å². The zero-order chi connectivity index (χ0) is 23.4. The Morgan fingerprint density at radius 2 is 1.91 bits per heavy atom. The highest BCUT2D eigenvalue weighted by molar-refractivity contribution is 7.13. The molecule has 2 saturated heterocycles. The maximum absolute atomic E-state index is 13.0. The van der Waals surface area contributed by atoms with Crippen LogP contribution >= 0.6 is 11.3 Å². The molecule has 0 N–H and O–H groups in total. The quantitative estimate of drug-likeness (QED) is 0.576. The predicted molar refractivity (Wildman–Crippen MR) is 124 cm³/mol. The Morgan fingerprint density at radius 1 is 1.18 bits per heavy atom. The van der Waals surface area contributed by atoms with E-state index in [0.717, 1.165) is 16.3 Å². The lowest BCUT2D eigenvalue weighted by atomic mass is 9.76. The number of piperidine rings is 1. The third-order valence-electron chi connectivity index (χ3n) is 6.76. The molecule has 176 valence electrons. The van der Waals surface area contributed by atoms with Gasteiger partial charge in [-0.2, -0.15) is 0 Å². The van der Waals surface area contributed by atoms with Gasteiger partial charge in [0, 0.05) is 44.1 Å². The van der Waals surface area contributed by atoms with Crippen molar-refractivity contribution >= 4 is 29.1 Å². The minimum atomic E-state index is -0.624. The Kier molecular flexibility index (Phi) is 7.09. The van der Waals surface area contributed by atoms with Crippen LogP contribution in [0.3, 0.4) is 0 Å². The summed E-state index contributed by atoms with van der Waals surface area (Å²) >= 11 is 1.53.